The minimum Gasteiger partial charge on any atom is -0.461 e. The van der Waals surface area contributed by atoms with Crippen molar-refractivity contribution in [2.24, 2.45) is 17.8 Å². The molecule has 0 aliphatic carbocycles. The highest BCUT2D eigenvalue weighted by atomic mass is 16.5. The lowest BCUT2D eigenvalue weighted by Crippen LogP contribution is -2.04. The van der Waals surface area contributed by atoms with E-state index in [0.717, 1.165) is 43.4 Å². The van der Waals surface area contributed by atoms with Gasteiger partial charge in [-0.15, -0.1) is 0 Å². The van der Waals surface area contributed by atoms with Crippen LogP contribution in [0.1, 0.15) is 169 Å². The van der Waals surface area contributed by atoms with Crippen LogP contribution in [0, 0.1) is 17.8 Å². The van der Waals surface area contributed by atoms with Crippen LogP contribution in [-0.4, -0.2) is 24.3 Å². The Hall–Kier alpha value is -0.830. The fourth-order valence-corrected chi connectivity index (χ4v) is 5.13. The summed E-state index contributed by atoms with van der Waals surface area (Å²) in [5, 5.41) is 8.78. The SMILES string of the molecule is CC(=CCOC(=O)CCCCCCCCCCCCCO)CCCC(C)CCCC(C)CCCC(C)C. The Morgan fingerprint density at radius 1 is 0.622 bits per heavy atom. The molecule has 0 aromatic rings. The molecule has 0 bridgehead atoms. The molecule has 0 saturated carbocycles. The summed E-state index contributed by atoms with van der Waals surface area (Å²) in [4.78, 5) is 12.0. The number of ether oxygens (including phenoxy) is 1. The van der Waals surface area contributed by atoms with Crippen LogP contribution in [0.15, 0.2) is 11.6 Å². The van der Waals surface area contributed by atoms with Gasteiger partial charge in [0, 0.05) is 13.0 Å². The molecule has 0 aromatic carbocycles. The second-order valence-electron chi connectivity index (χ2n) is 12.5. The summed E-state index contributed by atoms with van der Waals surface area (Å²) in [5.41, 5.74) is 1.35. The summed E-state index contributed by atoms with van der Waals surface area (Å²) < 4.78 is 5.43. The Bertz CT molecular complexity index is 525. The predicted octanol–water partition coefficient (Wildman–Crippen LogP) is 10.6. The lowest BCUT2D eigenvalue weighted by Gasteiger charge is -2.15. The zero-order chi connectivity index (χ0) is 27.6. The zero-order valence-electron chi connectivity index (χ0n) is 25.8. The molecule has 1 N–H and O–H groups in total. The maximum Gasteiger partial charge on any atom is 0.306 e. The standard InChI is InChI=1S/C34H66O3/c1-30(2)20-17-21-31(3)22-18-23-32(4)24-19-25-33(5)27-29-37-34(36)26-15-13-11-9-7-6-8-10-12-14-16-28-35/h27,30-32,35H,6-26,28-29H2,1-5H3. The van der Waals surface area contributed by atoms with Crippen molar-refractivity contribution < 1.29 is 14.6 Å². The Kier molecular flexibility index (Phi) is 26.2. The van der Waals surface area contributed by atoms with E-state index in [9.17, 15) is 4.79 Å². The van der Waals surface area contributed by atoms with E-state index in [1.165, 1.54) is 108 Å². The van der Waals surface area contributed by atoms with E-state index in [2.05, 4.69) is 40.7 Å². The lowest BCUT2D eigenvalue weighted by molar-refractivity contribution is -0.142. The average Bonchev–Trinajstić information content (AvgIpc) is 2.84. The van der Waals surface area contributed by atoms with Gasteiger partial charge >= 0.3 is 5.97 Å². The number of rotatable bonds is 27. The molecule has 0 aromatic heterocycles. The Morgan fingerprint density at radius 2 is 1.08 bits per heavy atom. The summed E-state index contributed by atoms with van der Waals surface area (Å²) in [7, 11) is 0. The lowest BCUT2D eigenvalue weighted by atomic mass is 9.91. The van der Waals surface area contributed by atoms with Crippen molar-refractivity contribution in [2.45, 2.75) is 169 Å². The van der Waals surface area contributed by atoms with E-state index in [-0.39, 0.29) is 5.97 Å². The van der Waals surface area contributed by atoms with E-state index in [4.69, 9.17) is 9.84 Å². The van der Waals surface area contributed by atoms with Crippen molar-refractivity contribution in [2.75, 3.05) is 13.2 Å². The number of esters is 1. The van der Waals surface area contributed by atoms with E-state index >= 15 is 0 Å². The molecular formula is C34H66O3. The number of hydrogen-bond acceptors (Lipinski definition) is 3. The quantitative estimate of drug-likeness (QED) is 0.0663. The van der Waals surface area contributed by atoms with Crippen LogP contribution in [0.3, 0.4) is 0 Å². The number of unbranched alkanes of at least 4 members (excludes halogenated alkanes) is 10. The van der Waals surface area contributed by atoms with E-state index in [1.54, 1.807) is 0 Å². The van der Waals surface area contributed by atoms with Crippen LogP contribution in [0.25, 0.3) is 0 Å². The second-order valence-corrected chi connectivity index (χ2v) is 12.5. The Balaban J connectivity index is 3.57. The van der Waals surface area contributed by atoms with Gasteiger partial charge in [-0.05, 0) is 56.4 Å². The molecule has 37 heavy (non-hydrogen) atoms. The molecule has 0 heterocycles. The molecule has 0 aliphatic heterocycles. The summed E-state index contributed by atoms with van der Waals surface area (Å²) in [6, 6.07) is 0. The summed E-state index contributed by atoms with van der Waals surface area (Å²) in [6.45, 7) is 12.4. The molecule has 0 aliphatic rings. The highest BCUT2D eigenvalue weighted by Crippen LogP contribution is 2.22. The molecule has 0 saturated heterocycles. The second kappa shape index (κ2) is 26.8. The van der Waals surface area contributed by atoms with Crippen LogP contribution < -0.4 is 0 Å². The molecule has 3 heteroatoms. The van der Waals surface area contributed by atoms with Crippen molar-refractivity contribution in [3.63, 3.8) is 0 Å². The van der Waals surface area contributed by atoms with Gasteiger partial charge in [0.1, 0.15) is 6.61 Å². The first kappa shape index (κ1) is 36.2. The molecular weight excluding hydrogens is 456 g/mol. The third-order valence-electron chi connectivity index (χ3n) is 7.86. The molecule has 0 spiro atoms. The van der Waals surface area contributed by atoms with Crippen LogP contribution >= 0.6 is 0 Å². The largest absolute Gasteiger partial charge is 0.461 e. The molecule has 0 amide bonds. The van der Waals surface area contributed by atoms with Crippen LogP contribution in [0.5, 0.6) is 0 Å². The fraction of sp³-hybridized carbons (Fsp3) is 0.912. The van der Waals surface area contributed by atoms with Gasteiger partial charge in [0.05, 0.1) is 0 Å². The highest BCUT2D eigenvalue weighted by molar-refractivity contribution is 5.69. The van der Waals surface area contributed by atoms with Crippen LogP contribution in [-0.2, 0) is 9.53 Å². The molecule has 2 atom stereocenters. The normalized spacial score (nSPS) is 13.8. The zero-order valence-corrected chi connectivity index (χ0v) is 25.8. The Morgan fingerprint density at radius 3 is 1.59 bits per heavy atom. The summed E-state index contributed by atoms with van der Waals surface area (Å²) >= 11 is 0. The first-order valence-corrected chi connectivity index (χ1v) is 16.3. The maximum absolute atomic E-state index is 12.0. The third-order valence-corrected chi connectivity index (χ3v) is 7.86. The third kappa shape index (κ3) is 28.0. The van der Waals surface area contributed by atoms with Gasteiger partial charge in [-0.2, -0.15) is 0 Å². The number of carbonyl (C=O) groups is 1. The topological polar surface area (TPSA) is 46.5 Å². The summed E-state index contributed by atoms with van der Waals surface area (Å²) in [6.07, 6.45) is 27.9. The van der Waals surface area contributed by atoms with Crippen LogP contribution in [0.4, 0.5) is 0 Å². The fourth-order valence-electron chi connectivity index (χ4n) is 5.13. The number of hydrogen-bond donors (Lipinski definition) is 1. The number of aliphatic hydroxyl groups excluding tert-OH is 1. The van der Waals surface area contributed by atoms with Gasteiger partial charge in [0.25, 0.3) is 0 Å². The van der Waals surface area contributed by atoms with Gasteiger partial charge in [-0.25, -0.2) is 0 Å². The van der Waals surface area contributed by atoms with Crippen molar-refractivity contribution in [1.29, 1.82) is 0 Å². The molecule has 0 fully saturated rings. The predicted molar refractivity (Wildman–Crippen MR) is 162 cm³/mol. The van der Waals surface area contributed by atoms with Gasteiger partial charge < -0.3 is 9.84 Å². The first-order chi connectivity index (χ1) is 17.8. The minimum absolute atomic E-state index is 0.0426. The molecule has 3 nitrogen and oxygen atoms in total. The van der Waals surface area contributed by atoms with Gasteiger partial charge in [-0.1, -0.05) is 136 Å². The molecule has 2 unspecified atom stereocenters. The van der Waals surface area contributed by atoms with E-state index in [1.807, 2.05) is 0 Å². The molecule has 220 valence electrons. The van der Waals surface area contributed by atoms with Gasteiger partial charge in [0.2, 0.25) is 0 Å². The van der Waals surface area contributed by atoms with Gasteiger partial charge in [0.15, 0.2) is 0 Å². The Labute approximate surface area is 232 Å². The van der Waals surface area contributed by atoms with Crippen molar-refractivity contribution in [1.82, 2.24) is 0 Å². The van der Waals surface area contributed by atoms with Crippen molar-refractivity contribution >= 4 is 5.97 Å². The first-order valence-electron chi connectivity index (χ1n) is 16.3. The van der Waals surface area contributed by atoms with E-state index < -0.39 is 0 Å². The number of aliphatic hydroxyl groups is 1. The van der Waals surface area contributed by atoms with Crippen LogP contribution in [0.2, 0.25) is 0 Å². The average molecular weight is 523 g/mol. The smallest absolute Gasteiger partial charge is 0.306 e. The van der Waals surface area contributed by atoms with Crippen molar-refractivity contribution in [3.05, 3.63) is 11.6 Å². The van der Waals surface area contributed by atoms with Crippen molar-refractivity contribution in [3.8, 4) is 0 Å². The monoisotopic (exact) mass is 523 g/mol. The number of carbonyl (C=O) groups excluding carboxylic acids is 1. The number of allylic oxidation sites excluding steroid dienone is 1. The van der Waals surface area contributed by atoms with E-state index in [0.29, 0.717) is 19.6 Å². The molecule has 0 rings (SSSR count). The highest BCUT2D eigenvalue weighted by Gasteiger charge is 2.07. The molecule has 0 radical (unpaired) electrons. The van der Waals surface area contributed by atoms with Gasteiger partial charge in [-0.3, -0.25) is 4.79 Å². The maximum atomic E-state index is 12.0. The minimum atomic E-state index is -0.0426. The summed E-state index contributed by atoms with van der Waals surface area (Å²) in [5.74, 6) is 2.50.